The topological polar surface area (TPSA) is 33.3 Å². The molecule has 0 radical (unpaired) electrons. The summed E-state index contributed by atoms with van der Waals surface area (Å²) in [5.41, 5.74) is 0. The lowest BCUT2D eigenvalue weighted by molar-refractivity contribution is 0.0113. The monoisotopic (exact) mass is 242 g/mol. The van der Waals surface area contributed by atoms with Crippen molar-refractivity contribution in [3.63, 3.8) is 0 Å². The van der Waals surface area contributed by atoms with E-state index in [1.54, 1.807) is 0 Å². The van der Waals surface area contributed by atoms with Crippen LogP contribution in [0.5, 0.6) is 0 Å². The first-order valence-corrected chi connectivity index (χ1v) is 7.24. The molecule has 0 amide bonds. The molecule has 0 saturated carbocycles. The molecule has 1 rings (SSSR count). The Hall–Kier alpha value is -0.120. The van der Waals surface area contributed by atoms with E-state index in [1.165, 1.54) is 19.3 Å². The Labute approximate surface area is 107 Å². The molecular weight excluding hydrogens is 212 g/mol. The normalized spacial score (nSPS) is 22.9. The van der Waals surface area contributed by atoms with E-state index in [-0.39, 0.29) is 0 Å². The number of ether oxygens (including phenoxy) is 1. The highest BCUT2D eigenvalue weighted by atomic mass is 16.5. The molecule has 2 N–H and O–H groups in total. The maximum atomic E-state index is 5.72. The zero-order chi connectivity index (χ0) is 12.5. The number of nitrogens with one attached hydrogen (secondary N) is 2. The first-order valence-electron chi connectivity index (χ1n) is 7.24. The molecule has 3 nitrogen and oxygen atoms in total. The zero-order valence-corrected chi connectivity index (χ0v) is 11.8. The Balaban J connectivity index is 1.93. The average molecular weight is 242 g/mol. The third-order valence-corrected chi connectivity index (χ3v) is 3.24. The fourth-order valence-electron chi connectivity index (χ4n) is 2.19. The lowest BCUT2D eigenvalue weighted by Gasteiger charge is -2.23. The molecular formula is C14H30N2O. The van der Waals surface area contributed by atoms with E-state index in [9.17, 15) is 0 Å². The molecule has 102 valence electrons. The molecule has 0 aliphatic carbocycles. The van der Waals surface area contributed by atoms with Crippen LogP contribution in [0.4, 0.5) is 0 Å². The van der Waals surface area contributed by atoms with Crippen LogP contribution in [0.3, 0.4) is 0 Å². The van der Waals surface area contributed by atoms with Crippen LogP contribution in [0, 0.1) is 5.92 Å². The van der Waals surface area contributed by atoms with Crippen LogP contribution in [-0.4, -0.2) is 38.4 Å². The standard InChI is InChI=1S/C14H30N2O/c1-12(2)10-15-11-13(3)16-8-7-14-6-4-5-9-17-14/h12-16H,4-11H2,1-3H3. The summed E-state index contributed by atoms with van der Waals surface area (Å²) in [7, 11) is 0. The minimum atomic E-state index is 0.507. The lowest BCUT2D eigenvalue weighted by atomic mass is 10.1. The van der Waals surface area contributed by atoms with Crippen molar-refractivity contribution in [3.8, 4) is 0 Å². The summed E-state index contributed by atoms with van der Waals surface area (Å²) in [4.78, 5) is 0. The Morgan fingerprint density at radius 2 is 2.00 bits per heavy atom. The summed E-state index contributed by atoms with van der Waals surface area (Å²) >= 11 is 0. The van der Waals surface area contributed by atoms with Crippen molar-refractivity contribution < 1.29 is 4.74 Å². The molecule has 2 unspecified atom stereocenters. The van der Waals surface area contributed by atoms with Crippen LogP contribution in [0.1, 0.15) is 46.5 Å². The van der Waals surface area contributed by atoms with Gasteiger partial charge in [-0.15, -0.1) is 0 Å². The summed E-state index contributed by atoms with van der Waals surface area (Å²) in [6, 6.07) is 0.553. The SMILES string of the molecule is CC(C)CNCC(C)NCCC1CCCCO1. The maximum Gasteiger partial charge on any atom is 0.0587 e. The fourth-order valence-corrected chi connectivity index (χ4v) is 2.19. The van der Waals surface area contributed by atoms with Gasteiger partial charge >= 0.3 is 0 Å². The van der Waals surface area contributed by atoms with Crippen LogP contribution in [0.15, 0.2) is 0 Å². The van der Waals surface area contributed by atoms with Gasteiger partial charge in [0.1, 0.15) is 0 Å². The highest BCUT2D eigenvalue weighted by molar-refractivity contribution is 4.69. The van der Waals surface area contributed by atoms with E-state index in [4.69, 9.17) is 4.74 Å². The minimum Gasteiger partial charge on any atom is -0.378 e. The molecule has 3 heteroatoms. The van der Waals surface area contributed by atoms with Crippen LogP contribution in [0.2, 0.25) is 0 Å². The molecule has 1 aliphatic heterocycles. The third kappa shape index (κ3) is 7.74. The van der Waals surface area contributed by atoms with E-state index in [2.05, 4.69) is 31.4 Å². The summed E-state index contributed by atoms with van der Waals surface area (Å²) in [6.07, 6.45) is 5.51. The predicted molar refractivity (Wildman–Crippen MR) is 73.4 cm³/mol. The van der Waals surface area contributed by atoms with E-state index in [1.807, 2.05) is 0 Å². The molecule has 0 aromatic heterocycles. The van der Waals surface area contributed by atoms with Crippen molar-refractivity contribution in [2.45, 2.75) is 58.6 Å². The number of hydrogen-bond donors (Lipinski definition) is 2. The van der Waals surface area contributed by atoms with Crippen molar-refractivity contribution in [2.24, 2.45) is 5.92 Å². The van der Waals surface area contributed by atoms with Gasteiger partial charge in [-0.3, -0.25) is 0 Å². The summed E-state index contributed by atoms with van der Waals surface area (Å²) in [6.45, 7) is 10.9. The third-order valence-electron chi connectivity index (χ3n) is 3.24. The number of hydrogen-bond acceptors (Lipinski definition) is 3. The minimum absolute atomic E-state index is 0.507. The molecule has 1 heterocycles. The van der Waals surface area contributed by atoms with Crippen LogP contribution < -0.4 is 10.6 Å². The van der Waals surface area contributed by atoms with Crippen molar-refractivity contribution in [3.05, 3.63) is 0 Å². The van der Waals surface area contributed by atoms with Gasteiger partial charge in [-0.25, -0.2) is 0 Å². The van der Waals surface area contributed by atoms with E-state index in [0.717, 1.165) is 38.6 Å². The lowest BCUT2D eigenvalue weighted by Crippen LogP contribution is -2.39. The molecule has 0 bridgehead atoms. The van der Waals surface area contributed by atoms with Crippen molar-refractivity contribution in [2.75, 3.05) is 26.2 Å². The Kier molecular flexibility index (Phi) is 7.82. The second-order valence-electron chi connectivity index (χ2n) is 5.68. The second kappa shape index (κ2) is 8.90. The zero-order valence-electron chi connectivity index (χ0n) is 11.8. The van der Waals surface area contributed by atoms with E-state index < -0.39 is 0 Å². The largest absolute Gasteiger partial charge is 0.378 e. The summed E-state index contributed by atoms with van der Waals surface area (Å²) in [5.74, 6) is 0.734. The van der Waals surface area contributed by atoms with E-state index >= 15 is 0 Å². The molecule has 0 aromatic carbocycles. The quantitative estimate of drug-likeness (QED) is 0.684. The smallest absolute Gasteiger partial charge is 0.0587 e. The Morgan fingerprint density at radius 3 is 2.65 bits per heavy atom. The van der Waals surface area contributed by atoms with Gasteiger partial charge in [0.15, 0.2) is 0 Å². The van der Waals surface area contributed by atoms with Gasteiger partial charge in [-0.05, 0) is 51.6 Å². The van der Waals surface area contributed by atoms with Crippen molar-refractivity contribution >= 4 is 0 Å². The summed E-state index contributed by atoms with van der Waals surface area (Å²) < 4.78 is 5.72. The molecule has 2 atom stereocenters. The molecule has 1 aliphatic rings. The fraction of sp³-hybridized carbons (Fsp3) is 1.00. The molecule has 1 fully saturated rings. The van der Waals surface area contributed by atoms with Gasteiger partial charge < -0.3 is 15.4 Å². The Morgan fingerprint density at radius 1 is 1.18 bits per heavy atom. The molecule has 1 saturated heterocycles. The van der Waals surface area contributed by atoms with Crippen molar-refractivity contribution in [1.82, 2.24) is 10.6 Å². The highest BCUT2D eigenvalue weighted by Gasteiger charge is 2.13. The van der Waals surface area contributed by atoms with Gasteiger partial charge in [0.2, 0.25) is 0 Å². The summed E-state index contributed by atoms with van der Waals surface area (Å²) in [5, 5.41) is 7.04. The van der Waals surface area contributed by atoms with Gasteiger partial charge in [-0.1, -0.05) is 13.8 Å². The van der Waals surface area contributed by atoms with Crippen LogP contribution in [-0.2, 0) is 4.74 Å². The van der Waals surface area contributed by atoms with Gasteiger partial charge in [0.05, 0.1) is 6.10 Å². The van der Waals surface area contributed by atoms with Gasteiger partial charge in [0.25, 0.3) is 0 Å². The van der Waals surface area contributed by atoms with Crippen LogP contribution >= 0.6 is 0 Å². The highest BCUT2D eigenvalue weighted by Crippen LogP contribution is 2.14. The van der Waals surface area contributed by atoms with Gasteiger partial charge in [-0.2, -0.15) is 0 Å². The average Bonchev–Trinajstić information content (AvgIpc) is 2.30. The van der Waals surface area contributed by atoms with Crippen LogP contribution in [0.25, 0.3) is 0 Å². The first-order chi connectivity index (χ1) is 8.18. The molecule has 17 heavy (non-hydrogen) atoms. The molecule has 0 spiro atoms. The first kappa shape index (κ1) is 14.9. The Bertz CT molecular complexity index is 179. The maximum absolute atomic E-state index is 5.72. The molecule has 0 aromatic rings. The second-order valence-corrected chi connectivity index (χ2v) is 5.68. The van der Waals surface area contributed by atoms with Gasteiger partial charge in [0, 0.05) is 19.2 Å². The number of rotatable bonds is 8. The predicted octanol–water partition coefficient (Wildman–Crippen LogP) is 2.17. The van der Waals surface area contributed by atoms with Crippen molar-refractivity contribution in [1.29, 1.82) is 0 Å². The van der Waals surface area contributed by atoms with E-state index in [0.29, 0.717) is 12.1 Å².